The molecule has 80 valence electrons. The number of pyridine rings is 1. The molecular weight excluding hydrogens is 226 g/mol. The van der Waals surface area contributed by atoms with Gasteiger partial charge >= 0.3 is 0 Å². The summed E-state index contributed by atoms with van der Waals surface area (Å²) in [6.45, 7) is 0. The molecule has 0 radical (unpaired) electrons. The average Bonchev–Trinajstić information content (AvgIpc) is 2.65. The Morgan fingerprint density at radius 2 is 2.31 bits per heavy atom. The highest BCUT2D eigenvalue weighted by Crippen LogP contribution is 2.21. The average molecular weight is 234 g/mol. The second-order valence-electron chi connectivity index (χ2n) is 3.01. The van der Waals surface area contributed by atoms with Crippen molar-refractivity contribution in [1.82, 2.24) is 14.8 Å². The lowest BCUT2D eigenvalue weighted by Crippen LogP contribution is -2.03. The second kappa shape index (κ2) is 4.13. The smallest absolute Gasteiger partial charge is 0.177 e. The van der Waals surface area contributed by atoms with E-state index in [1.54, 1.807) is 12.3 Å². The molecule has 0 atom stereocenters. The molecule has 0 fully saturated rings. The Hall–Kier alpha value is -2.19. The molecule has 2 aromatic rings. The molecule has 0 spiro atoms. The lowest BCUT2D eigenvalue weighted by atomic mass is 10.4. The Balaban J connectivity index is 2.52. The normalized spacial score (nSPS) is 9.75. The molecule has 0 aliphatic carbocycles. The highest BCUT2D eigenvalue weighted by molar-refractivity contribution is 6.30. The molecule has 2 aromatic heterocycles. The van der Waals surface area contributed by atoms with E-state index in [0.29, 0.717) is 22.2 Å². The third kappa shape index (κ3) is 1.92. The van der Waals surface area contributed by atoms with E-state index in [0.717, 1.165) is 0 Å². The molecule has 6 heteroatoms. The van der Waals surface area contributed by atoms with Crippen molar-refractivity contribution in [2.45, 2.75) is 0 Å². The van der Waals surface area contributed by atoms with Crippen molar-refractivity contribution in [1.29, 1.82) is 0 Å². The SMILES string of the molecule is C#CNc1cc(Cl)cnc1-n1cc(N)cn1. The zero-order valence-corrected chi connectivity index (χ0v) is 8.94. The van der Waals surface area contributed by atoms with Crippen molar-refractivity contribution in [2.75, 3.05) is 11.1 Å². The molecule has 0 saturated heterocycles. The fraction of sp³-hybridized carbons (Fsp3) is 0. The number of nitrogen functional groups attached to an aromatic ring is 1. The lowest BCUT2D eigenvalue weighted by molar-refractivity contribution is 0.849. The van der Waals surface area contributed by atoms with Gasteiger partial charge in [0, 0.05) is 12.2 Å². The number of anilines is 2. The van der Waals surface area contributed by atoms with Gasteiger partial charge in [-0.3, -0.25) is 0 Å². The minimum Gasteiger partial charge on any atom is -0.396 e. The molecular formula is C10H8ClN5. The van der Waals surface area contributed by atoms with Crippen molar-refractivity contribution in [2.24, 2.45) is 0 Å². The number of terminal acetylenes is 1. The van der Waals surface area contributed by atoms with Gasteiger partial charge in [0.1, 0.15) is 0 Å². The van der Waals surface area contributed by atoms with Crippen LogP contribution in [0.5, 0.6) is 0 Å². The third-order valence-corrected chi connectivity index (χ3v) is 2.07. The summed E-state index contributed by atoms with van der Waals surface area (Å²) in [6.07, 6.45) is 9.85. The number of rotatable bonds is 2. The van der Waals surface area contributed by atoms with E-state index in [1.807, 2.05) is 0 Å². The Morgan fingerprint density at radius 1 is 1.50 bits per heavy atom. The third-order valence-electron chi connectivity index (χ3n) is 1.86. The summed E-state index contributed by atoms with van der Waals surface area (Å²) in [5.74, 6) is 0.541. The van der Waals surface area contributed by atoms with Gasteiger partial charge in [-0.1, -0.05) is 18.0 Å². The Morgan fingerprint density at radius 3 is 2.94 bits per heavy atom. The summed E-state index contributed by atoms with van der Waals surface area (Å²) in [5.41, 5.74) is 6.71. The fourth-order valence-corrected chi connectivity index (χ4v) is 1.39. The van der Waals surface area contributed by atoms with Crippen LogP contribution in [-0.4, -0.2) is 14.8 Å². The maximum atomic E-state index is 5.82. The molecule has 0 saturated carbocycles. The highest BCUT2D eigenvalue weighted by Gasteiger charge is 2.07. The van der Waals surface area contributed by atoms with Crippen molar-refractivity contribution < 1.29 is 0 Å². The van der Waals surface area contributed by atoms with Gasteiger partial charge in [-0.2, -0.15) is 5.10 Å². The van der Waals surface area contributed by atoms with Gasteiger partial charge in [0.25, 0.3) is 0 Å². The molecule has 0 aliphatic heterocycles. The maximum absolute atomic E-state index is 5.82. The van der Waals surface area contributed by atoms with Crippen LogP contribution in [0.2, 0.25) is 5.02 Å². The predicted octanol–water partition coefficient (Wildman–Crippen LogP) is 1.51. The lowest BCUT2D eigenvalue weighted by Gasteiger charge is -2.06. The van der Waals surface area contributed by atoms with E-state index >= 15 is 0 Å². The van der Waals surface area contributed by atoms with Crippen LogP contribution in [-0.2, 0) is 0 Å². The fourth-order valence-electron chi connectivity index (χ4n) is 1.24. The molecule has 5 nitrogen and oxygen atoms in total. The van der Waals surface area contributed by atoms with Gasteiger partial charge in [-0.25, -0.2) is 9.67 Å². The van der Waals surface area contributed by atoms with Crippen LogP contribution < -0.4 is 11.1 Å². The van der Waals surface area contributed by atoms with Gasteiger partial charge in [0.2, 0.25) is 0 Å². The monoisotopic (exact) mass is 233 g/mol. The molecule has 0 aliphatic rings. The predicted molar refractivity (Wildman–Crippen MR) is 63.2 cm³/mol. The van der Waals surface area contributed by atoms with Crippen molar-refractivity contribution in [3.05, 3.63) is 29.7 Å². The summed E-state index contributed by atoms with van der Waals surface area (Å²) in [7, 11) is 0. The van der Waals surface area contributed by atoms with E-state index in [9.17, 15) is 0 Å². The highest BCUT2D eigenvalue weighted by atomic mass is 35.5. The standard InChI is InChI=1S/C10H8ClN5/c1-2-13-9-3-7(11)4-14-10(9)16-6-8(12)5-15-16/h1,3-6,13H,12H2. The van der Waals surface area contributed by atoms with Gasteiger partial charge < -0.3 is 11.1 Å². The van der Waals surface area contributed by atoms with Gasteiger partial charge in [-0.05, 0) is 6.07 Å². The van der Waals surface area contributed by atoms with E-state index < -0.39 is 0 Å². The summed E-state index contributed by atoms with van der Waals surface area (Å²) in [4.78, 5) is 4.14. The Bertz CT molecular complexity index is 555. The van der Waals surface area contributed by atoms with Crippen LogP contribution in [0.3, 0.4) is 0 Å². The molecule has 2 rings (SSSR count). The Labute approximate surface area is 97.2 Å². The quantitative estimate of drug-likeness (QED) is 0.609. The van der Waals surface area contributed by atoms with Crippen molar-refractivity contribution in [3.63, 3.8) is 0 Å². The first-order valence-corrected chi connectivity index (χ1v) is 4.76. The van der Waals surface area contributed by atoms with Crippen molar-refractivity contribution >= 4 is 23.0 Å². The minimum absolute atomic E-state index is 0.488. The first kappa shape index (κ1) is 10.3. The molecule has 0 bridgehead atoms. The number of halogens is 1. The van der Waals surface area contributed by atoms with Gasteiger partial charge in [0.15, 0.2) is 5.82 Å². The van der Waals surface area contributed by atoms with Crippen molar-refractivity contribution in [3.8, 4) is 18.3 Å². The van der Waals surface area contributed by atoms with Crippen LogP contribution in [0, 0.1) is 12.5 Å². The van der Waals surface area contributed by atoms with E-state index in [4.69, 9.17) is 23.8 Å². The van der Waals surface area contributed by atoms with Crippen LogP contribution >= 0.6 is 11.6 Å². The van der Waals surface area contributed by atoms with E-state index in [1.165, 1.54) is 17.1 Å². The first-order chi connectivity index (χ1) is 7.70. The van der Waals surface area contributed by atoms with E-state index in [-0.39, 0.29) is 0 Å². The Kier molecular flexibility index (Phi) is 2.66. The van der Waals surface area contributed by atoms with Gasteiger partial charge in [0.05, 0.1) is 28.8 Å². The molecule has 0 unspecified atom stereocenters. The van der Waals surface area contributed by atoms with Crippen LogP contribution in [0.15, 0.2) is 24.7 Å². The molecule has 0 amide bonds. The number of nitrogens with two attached hydrogens (primary N) is 1. The van der Waals surface area contributed by atoms with Crippen LogP contribution in [0.1, 0.15) is 0 Å². The molecule has 2 heterocycles. The second-order valence-corrected chi connectivity index (χ2v) is 3.45. The molecule has 0 aromatic carbocycles. The molecule has 16 heavy (non-hydrogen) atoms. The number of nitrogens with one attached hydrogen (secondary N) is 1. The van der Waals surface area contributed by atoms with E-state index in [2.05, 4.69) is 21.4 Å². The minimum atomic E-state index is 0.488. The van der Waals surface area contributed by atoms with Crippen LogP contribution in [0.25, 0.3) is 5.82 Å². The first-order valence-electron chi connectivity index (χ1n) is 4.38. The van der Waals surface area contributed by atoms with Gasteiger partial charge in [-0.15, -0.1) is 0 Å². The zero-order chi connectivity index (χ0) is 11.5. The summed E-state index contributed by atoms with van der Waals surface area (Å²) in [5, 5.41) is 7.23. The number of hydrogen-bond acceptors (Lipinski definition) is 4. The number of nitrogens with zero attached hydrogens (tertiary/aromatic N) is 3. The molecule has 3 N–H and O–H groups in total. The topological polar surface area (TPSA) is 68.8 Å². The van der Waals surface area contributed by atoms with Crippen LogP contribution in [0.4, 0.5) is 11.4 Å². The summed E-state index contributed by atoms with van der Waals surface area (Å²) < 4.78 is 1.52. The number of hydrogen-bond donors (Lipinski definition) is 2. The maximum Gasteiger partial charge on any atom is 0.177 e. The zero-order valence-electron chi connectivity index (χ0n) is 8.18. The summed E-state index contributed by atoms with van der Waals surface area (Å²) >= 11 is 5.82. The summed E-state index contributed by atoms with van der Waals surface area (Å²) in [6, 6.07) is 3.98. The number of aromatic nitrogens is 3. The largest absolute Gasteiger partial charge is 0.396 e.